The van der Waals surface area contributed by atoms with Crippen molar-refractivity contribution >= 4 is 11.6 Å². The van der Waals surface area contributed by atoms with Gasteiger partial charge in [-0.3, -0.25) is 4.79 Å². The third kappa shape index (κ3) is 3.76. The van der Waals surface area contributed by atoms with Crippen LogP contribution in [0.2, 0.25) is 0 Å². The molecule has 6 heteroatoms. The molecule has 1 atom stereocenters. The van der Waals surface area contributed by atoms with E-state index in [-0.39, 0.29) is 18.7 Å². The van der Waals surface area contributed by atoms with Crippen molar-refractivity contribution in [2.75, 3.05) is 19.0 Å². The fourth-order valence-electron chi connectivity index (χ4n) is 1.27. The Hall–Kier alpha value is -1.53. The second-order valence-electron chi connectivity index (χ2n) is 3.45. The van der Waals surface area contributed by atoms with Crippen molar-refractivity contribution in [3.05, 3.63) is 29.8 Å². The summed E-state index contributed by atoms with van der Waals surface area (Å²) < 4.78 is 31.0. The summed E-state index contributed by atoms with van der Waals surface area (Å²) in [5, 5.41) is 2.26. The molecule has 0 aliphatic heterocycles. The van der Waals surface area contributed by atoms with Gasteiger partial charge >= 0.3 is 0 Å². The molecule has 1 aromatic carbocycles. The molecule has 4 nitrogen and oxygen atoms in total. The molecule has 17 heavy (non-hydrogen) atoms. The van der Waals surface area contributed by atoms with Gasteiger partial charge in [0, 0.05) is 13.7 Å². The van der Waals surface area contributed by atoms with Crippen LogP contribution in [0.25, 0.3) is 0 Å². The standard InChI is InChI=1S/C11H14F2N2O2/c1-17-7(6-14)5-10(16)15-9-4-2-3-8(12)11(9)13/h2-4,7H,5-6,14H2,1H3,(H,15,16). The highest BCUT2D eigenvalue weighted by Gasteiger charge is 2.14. The molecule has 3 N–H and O–H groups in total. The van der Waals surface area contributed by atoms with Crippen molar-refractivity contribution in [2.45, 2.75) is 12.5 Å². The number of hydrogen-bond acceptors (Lipinski definition) is 3. The Balaban J connectivity index is 2.65. The summed E-state index contributed by atoms with van der Waals surface area (Å²) in [5.41, 5.74) is 5.15. The highest BCUT2D eigenvalue weighted by Crippen LogP contribution is 2.16. The molecule has 0 aliphatic rings. The number of carbonyl (C=O) groups is 1. The van der Waals surface area contributed by atoms with E-state index >= 15 is 0 Å². The number of carbonyl (C=O) groups excluding carboxylic acids is 1. The number of methoxy groups -OCH3 is 1. The molecule has 0 saturated heterocycles. The number of rotatable bonds is 5. The second kappa shape index (κ2) is 6.27. The van der Waals surface area contributed by atoms with Crippen LogP contribution in [0.3, 0.4) is 0 Å². The molecule has 0 radical (unpaired) electrons. The lowest BCUT2D eigenvalue weighted by Gasteiger charge is -2.12. The lowest BCUT2D eigenvalue weighted by molar-refractivity contribution is -0.118. The Kier molecular flexibility index (Phi) is 4.99. The molecular formula is C11H14F2N2O2. The largest absolute Gasteiger partial charge is 0.380 e. The van der Waals surface area contributed by atoms with E-state index in [1.54, 1.807) is 0 Å². The van der Waals surface area contributed by atoms with Crippen LogP contribution in [-0.4, -0.2) is 25.7 Å². The third-order valence-corrected chi connectivity index (χ3v) is 2.23. The molecule has 1 unspecified atom stereocenters. The predicted molar refractivity (Wildman–Crippen MR) is 59.5 cm³/mol. The van der Waals surface area contributed by atoms with Crippen LogP contribution in [0.4, 0.5) is 14.5 Å². The van der Waals surface area contributed by atoms with Crippen LogP contribution >= 0.6 is 0 Å². The molecule has 0 bridgehead atoms. The van der Waals surface area contributed by atoms with E-state index in [0.717, 1.165) is 6.07 Å². The van der Waals surface area contributed by atoms with Crippen molar-refractivity contribution in [3.63, 3.8) is 0 Å². The molecule has 1 rings (SSSR count). The van der Waals surface area contributed by atoms with Gasteiger partial charge in [0.05, 0.1) is 18.2 Å². The zero-order chi connectivity index (χ0) is 12.8. The SMILES string of the molecule is COC(CN)CC(=O)Nc1cccc(F)c1F. The third-order valence-electron chi connectivity index (χ3n) is 2.23. The fourth-order valence-corrected chi connectivity index (χ4v) is 1.27. The second-order valence-corrected chi connectivity index (χ2v) is 3.45. The average molecular weight is 244 g/mol. The maximum atomic E-state index is 13.2. The normalized spacial score (nSPS) is 12.2. The minimum Gasteiger partial charge on any atom is -0.380 e. The number of amides is 1. The number of halogens is 2. The molecule has 1 amide bonds. The Bertz CT molecular complexity index is 395. The Morgan fingerprint density at radius 2 is 2.24 bits per heavy atom. The summed E-state index contributed by atoms with van der Waals surface area (Å²) >= 11 is 0. The summed E-state index contributed by atoms with van der Waals surface area (Å²) in [6.07, 6.45) is -0.449. The molecule has 0 fully saturated rings. The van der Waals surface area contributed by atoms with E-state index in [4.69, 9.17) is 10.5 Å². The van der Waals surface area contributed by atoms with Gasteiger partial charge in [0.15, 0.2) is 11.6 Å². The van der Waals surface area contributed by atoms with Gasteiger partial charge in [0.1, 0.15) is 0 Å². The number of nitrogens with one attached hydrogen (secondary N) is 1. The maximum Gasteiger partial charge on any atom is 0.227 e. The zero-order valence-electron chi connectivity index (χ0n) is 9.37. The quantitative estimate of drug-likeness (QED) is 0.819. The predicted octanol–water partition coefficient (Wildman–Crippen LogP) is 1.27. The Morgan fingerprint density at radius 1 is 1.53 bits per heavy atom. The molecule has 1 aromatic rings. The number of nitrogens with two attached hydrogens (primary N) is 1. The highest BCUT2D eigenvalue weighted by molar-refractivity contribution is 5.91. The van der Waals surface area contributed by atoms with E-state index in [1.807, 2.05) is 0 Å². The first kappa shape index (κ1) is 13.5. The number of hydrogen-bond donors (Lipinski definition) is 2. The van der Waals surface area contributed by atoms with E-state index in [1.165, 1.54) is 19.2 Å². The van der Waals surface area contributed by atoms with E-state index in [9.17, 15) is 13.6 Å². The smallest absolute Gasteiger partial charge is 0.227 e. The average Bonchev–Trinajstić information content (AvgIpc) is 2.32. The van der Waals surface area contributed by atoms with Crippen molar-refractivity contribution in [3.8, 4) is 0 Å². The molecule has 0 aromatic heterocycles. The summed E-state index contributed by atoms with van der Waals surface area (Å²) in [4.78, 5) is 11.5. The maximum absolute atomic E-state index is 13.2. The molecule has 0 aliphatic carbocycles. The number of anilines is 1. The van der Waals surface area contributed by atoms with Crippen molar-refractivity contribution < 1.29 is 18.3 Å². The first-order valence-corrected chi connectivity index (χ1v) is 5.05. The lowest BCUT2D eigenvalue weighted by atomic mass is 10.2. The van der Waals surface area contributed by atoms with E-state index in [0.29, 0.717) is 0 Å². The monoisotopic (exact) mass is 244 g/mol. The zero-order valence-corrected chi connectivity index (χ0v) is 9.37. The van der Waals surface area contributed by atoms with Gasteiger partial charge in [-0.05, 0) is 12.1 Å². The van der Waals surface area contributed by atoms with Crippen molar-refractivity contribution in [1.82, 2.24) is 0 Å². The van der Waals surface area contributed by atoms with Gasteiger partial charge in [-0.15, -0.1) is 0 Å². The van der Waals surface area contributed by atoms with E-state index in [2.05, 4.69) is 5.32 Å². The van der Waals surface area contributed by atoms with Crippen LogP contribution in [0.5, 0.6) is 0 Å². The summed E-state index contributed by atoms with van der Waals surface area (Å²) in [5.74, 6) is -2.57. The Morgan fingerprint density at radius 3 is 2.82 bits per heavy atom. The first-order valence-electron chi connectivity index (χ1n) is 5.05. The van der Waals surface area contributed by atoms with Gasteiger partial charge in [0.25, 0.3) is 0 Å². The van der Waals surface area contributed by atoms with Crippen LogP contribution in [-0.2, 0) is 9.53 Å². The summed E-state index contributed by atoms with van der Waals surface area (Å²) in [6.45, 7) is 0.176. The van der Waals surface area contributed by atoms with Crippen LogP contribution in [0.15, 0.2) is 18.2 Å². The molecule has 94 valence electrons. The molecule has 0 heterocycles. The van der Waals surface area contributed by atoms with Gasteiger partial charge in [-0.1, -0.05) is 6.07 Å². The Labute approximate surface area is 97.8 Å². The summed E-state index contributed by atoms with van der Waals surface area (Å²) in [7, 11) is 1.42. The minimum absolute atomic E-state index is 0.0110. The van der Waals surface area contributed by atoms with Gasteiger partial charge in [-0.25, -0.2) is 8.78 Å². The van der Waals surface area contributed by atoms with E-state index < -0.39 is 23.6 Å². The van der Waals surface area contributed by atoms with Gasteiger partial charge in [-0.2, -0.15) is 0 Å². The number of ether oxygens (including phenoxy) is 1. The molecule has 0 spiro atoms. The van der Waals surface area contributed by atoms with Crippen LogP contribution in [0.1, 0.15) is 6.42 Å². The number of benzene rings is 1. The fraction of sp³-hybridized carbons (Fsp3) is 0.364. The lowest BCUT2D eigenvalue weighted by Crippen LogP contribution is -2.28. The first-order chi connectivity index (χ1) is 8.08. The minimum atomic E-state index is -1.08. The topological polar surface area (TPSA) is 64.3 Å². The highest BCUT2D eigenvalue weighted by atomic mass is 19.2. The van der Waals surface area contributed by atoms with Crippen LogP contribution < -0.4 is 11.1 Å². The molecular weight excluding hydrogens is 230 g/mol. The van der Waals surface area contributed by atoms with Crippen molar-refractivity contribution in [1.29, 1.82) is 0 Å². The molecule has 0 saturated carbocycles. The van der Waals surface area contributed by atoms with Gasteiger partial charge in [0.2, 0.25) is 5.91 Å². The summed E-state index contributed by atoms with van der Waals surface area (Å²) in [6, 6.07) is 3.56. The van der Waals surface area contributed by atoms with Crippen molar-refractivity contribution in [2.24, 2.45) is 5.73 Å². The van der Waals surface area contributed by atoms with Crippen LogP contribution in [0, 0.1) is 11.6 Å². The van der Waals surface area contributed by atoms with Gasteiger partial charge < -0.3 is 15.8 Å².